The zero-order valence-corrected chi connectivity index (χ0v) is 10.5. The standard InChI is InChI=1S/C13H11BrN2/c1-16-12-4-2-8(14)6-10(12)11-7-9(15)3-5-13(11)16/h2-7H,15H2,1H3. The number of halogens is 1. The van der Waals surface area contributed by atoms with Crippen LogP contribution in [0.5, 0.6) is 0 Å². The van der Waals surface area contributed by atoms with Gasteiger partial charge in [0, 0.05) is 39.0 Å². The van der Waals surface area contributed by atoms with Crippen LogP contribution in [-0.2, 0) is 7.05 Å². The number of aromatic nitrogens is 1. The zero-order chi connectivity index (χ0) is 11.3. The van der Waals surface area contributed by atoms with Gasteiger partial charge < -0.3 is 10.3 Å². The second kappa shape index (κ2) is 3.25. The molecule has 0 fully saturated rings. The maximum absolute atomic E-state index is 5.84. The average Bonchev–Trinajstić information content (AvgIpc) is 2.52. The van der Waals surface area contributed by atoms with Crippen molar-refractivity contribution < 1.29 is 0 Å². The summed E-state index contributed by atoms with van der Waals surface area (Å²) in [5.41, 5.74) is 9.08. The fraction of sp³-hybridized carbons (Fsp3) is 0.0769. The predicted octanol–water partition coefficient (Wildman–Crippen LogP) is 3.68. The molecule has 2 N–H and O–H groups in total. The molecule has 2 nitrogen and oxygen atoms in total. The van der Waals surface area contributed by atoms with Crippen LogP contribution in [0.25, 0.3) is 21.8 Å². The van der Waals surface area contributed by atoms with Gasteiger partial charge in [0.2, 0.25) is 0 Å². The van der Waals surface area contributed by atoms with Crippen molar-refractivity contribution in [2.45, 2.75) is 0 Å². The van der Waals surface area contributed by atoms with E-state index < -0.39 is 0 Å². The number of nitrogens with zero attached hydrogens (tertiary/aromatic N) is 1. The Balaban J connectivity index is 2.60. The lowest BCUT2D eigenvalue weighted by Crippen LogP contribution is -1.87. The van der Waals surface area contributed by atoms with Gasteiger partial charge in [-0.25, -0.2) is 0 Å². The first-order chi connectivity index (χ1) is 7.66. The summed E-state index contributed by atoms with van der Waals surface area (Å²) in [4.78, 5) is 0. The summed E-state index contributed by atoms with van der Waals surface area (Å²) >= 11 is 3.51. The highest BCUT2D eigenvalue weighted by atomic mass is 79.9. The van der Waals surface area contributed by atoms with Crippen LogP contribution in [0.2, 0.25) is 0 Å². The van der Waals surface area contributed by atoms with E-state index in [2.05, 4.69) is 51.8 Å². The number of nitrogens with two attached hydrogens (primary N) is 1. The Bertz CT molecular complexity index is 639. The topological polar surface area (TPSA) is 30.9 Å². The Hall–Kier alpha value is -1.48. The van der Waals surface area contributed by atoms with Gasteiger partial charge in [-0.1, -0.05) is 15.9 Å². The van der Waals surface area contributed by atoms with Gasteiger partial charge in [-0.3, -0.25) is 0 Å². The maximum atomic E-state index is 5.84. The van der Waals surface area contributed by atoms with Crippen molar-refractivity contribution >= 4 is 43.4 Å². The second-order valence-electron chi connectivity index (χ2n) is 4.00. The highest BCUT2D eigenvalue weighted by Gasteiger charge is 2.08. The Labute approximate surface area is 102 Å². The van der Waals surface area contributed by atoms with Gasteiger partial charge in [-0.05, 0) is 36.4 Å². The molecule has 0 aliphatic heterocycles. The summed E-state index contributed by atoms with van der Waals surface area (Å²) in [6, 6.07) is 12.4. The molecular formula is C13H11BrN2. The largest absolute Gasteiger partial charge is 0.399 e. The van der Waals surface area contributed by atoms with E-state index in [-0.39, 0.29) is 0 Å². The van der Waals surface area contributed by atoms with Gasteiger partial charge in [-0.2, -0.15) is 0 Å². The summed E-state index contributed by atoms with van der Waals surface area (Å²) in [6.45, 7) is 0. The molecule has 1 heterocycles. The lowest BCUT2D eigenvalue weighted by molar-refractivity contribution is 1.01. The molecule has 0 unspecified atom stereocenters. The Kier molecular flexibility index (Phi) is 1.98. The van der Waals surface area contributed by atoms with Crippen LogP contribution in [0, 0.1) is 0 Å². The molecule has 0 saturated carbocycles. The summed E-state index contributed by atoms with van der Waals surface area (Å²) < 4.78 is 3.28. The number of rotatable bonds is 0. The van der Waals surface area contributed by atoms with E-state index in [4.69, 9.17) is 5.73 Å². The van der Waals surface area contributed by atoms with Gasteiger partial charge in [0.15, 0.2) is 0 Å². The Morgan fingerprint density at radius 3 is 2.38 bits per heavy atom. The number of fused-ring (bicyclic) bond motifs is 3. The predicted molar refractivity (Wildman–Crippen MR) is 72.5 cm³/mol. The molecule has 0 radical (unpaired) electrons. The van der Waals surface area contributed by atoms with Gasteiger partial charge >= 0.3 is 0 Å². The van der Waals surface area contributed by atoms with Gasteiger partial charge in [0.1, 0.15) is 0 Å². The number of benzene rings is 2. The molecule has 0 aliphatic carbocycles. The normalized spacial score (nSPS) is 11.4. The van der Waals surface area contributed by atoms with E-state index in [1.54, 1.807) is 0 Å². The van der Waals surface area contributed by atoms with Crippen LogP contribution in [0.15, 0.2) is 40.9 Å². The maximum Gasteiger partial charge on any atom is 0.0490 e. The van der Waals surface area contributed by atoms with Gasteiger partial charge in [-0.15, -0.1) is 0 Å². The average molecular weight is 275 g/mol. The van der Waals surface area contributed by atoms with Crippen LogP contribution < -0.4 is 5.73 Å². The molecule has 3 heteroatoms. The Morgan fingerprint density at radius 1 is 1.00 bits per heavy atom. The van der Waals surface area contributed by atoms with Crippen molar-refractivity contribution in [3.05, 3.63) is 40.9 Å². The molecule has 1 aromatic heterocycles. The van der Waals surface area contributed by atoms with E-state index in [0.717, 1.165) is 10.2 Å². The van der Waals surface area contributed by atoms with E-state index in [9.17, 15) is 0 Å². The summed E-state index contributed by atoms with van der Waals surface area (Å²) in [5.74, 6) is 0. The van der Waals surface area contributed by atoms with Crippen molar-refractivity contribution in [3.63, 3.8) is 0 Å². The fourth-order valence-electron chi connectivity index (χ4n) is 2.21. The number of hydrogen-bond donors (Lipinski definition) is 1. The lowest BCUT2D eigenvalue weighted by atomic mass is 10.1. The third-order valence-corrected chi connectivity index (χ3v) is 3.49. The van der Waals surface area contributed by atoms with Gasteiger partial charge in [0.25, 0.3) is 0 Å². The summed E-state index contributed by atoms with van der Waals surface area (Å²) in [6.07, 6.45) is 0. The van der Waals surface area contributed by atoms with Crippen molar-refractivity contribution in [2.75, 3.05) is 5.73 Å². The molecule has 3 aromatic rings. The lowest BCUT2D eigenvalue weighted by Gasteiger charge is -1.97. The van der Waals surface area contributed by atoms with Crippen LogP contribution >= 0.6 is 15.9 Å². The molecule has 2 aromatic carbocycles. The van der Waals surface area contributed by atoms with Crippen molar-refractivity contribution in [3.8, 4) is 0 Å². The quantitative estimate of drug-likeness (QED) is 0.623. The molecule has 0 saturated heterocycles. The fourth-order valence-corrected chi connectivity index (χ4v) is 2.57. The van der Waals surface area contributed by atoms with Gasteiger partial charge in [0.05, 0.1) is 0 Å². The molecule has 0 atom stereocenters. The molecular weight excluding hydrogens is 264 g/mol. The third-order valence-electron chi connectivity index (χ3n) is 2.99. The van der Waals surface area contributed by atoms with Crippen LogP contribution in [0.4, 0.5) is 5.69 Å². The number of aryl methyl sites for hydroxylation is 1. The number of nitrogen functional groups attached to an aromatic ring is 1. The highest BCUT2D eigenvalue weighted by Crippen LogP contribution is 2.31. The molecule has 0 spiro atoms. The number of hydrogen-bond acceptors (Lipinski definition) is 1. The minimum absolute atomic E-state index is 0.806. The third kappa shape index (κ3) is 1.25. The summed E-state index contributed by atoms with van der Waals surface area (Å²) in [7, 11) is 2.08. The van der Waals surface area contributed by atoms with E-state index >= 15 is 0 Å². The van der Waals surface area contributed by atoms with Crippen LogP contribution in [-0.4, -0.2) is 4.57 Å². The Morgan fingerprint density at radius 2 is 1.62 bits per heavy atom. The van der Waals surface area contributed by atoms with E-state index in [1.165, 1.54) is 21.8 Å². The second-order valence-corrected chi connectivity index (χ2v) is 4.91. The molecule has 16 heavy (non-hydrogen) atoms. The van der Waals surface area contributed by atoms with Crippen LogP contribution in [0.1, 0.15) is 0 Å². The number of anilines is 1. The first-order valence-corrected chi connectivity index (χ1v) is 5.89. The molecule has 0 amide bonds. The first kappa shape index (κ1) is 9.73. The van der Waals surface area contributed by atoms with Crippen LogP contribution in [0.3, 0.4) is 0 Å². The molecule has 80 valence electrons. The molecule has 0 bridgehead atoms. The zero-order valence-electron chi connectivity index (χ0n) is 8.87. The minimum Gasteiger partial charge on any atom is -0.399 e. The van der Waals surface area contributed by atoms with Crippen molar-refractivity contribution in [2.24, 2.45) is 7.05 Å². The smallest absolute Gasteiger partial charge is 0.0490 e. The van der Waals surface area contributed by atoms with Crippen molar-refractivity contribution in [1.29, 1.82) is 0 Å². The monoisotopic (exact) mass is 274 g/mol. The molecule has 0 aliphatic rings. The summed E-state index contributed by atoms with van der Waals surface area (Å²) in [5, 5.41) is 2.44. The van der Waals surface area contributed by atoms with Crippen molar-refractivity contribution in [1.82, 2.24) is 4.57 Å². The SMILES string of the molecule is Cn1c2ccc(N)cc2c2cc(Br)ccc21. The van der Waals surface area contributed by atoms with E-state index in [0.29, 0.717) is 0 Å². The van der Waals surface area contributed by atoms with E-state index in [1.807, 2.05) is 12.1 Å². The minimum atomic E-state index is 0.806. The highest BCUT2D eigenvalue weighted by molar-refractivity contribution is 9.10. The first-order valence-electron chi connectivity index (χ1n) is 5.10. The molecule has 3 rings (SSSR count).